The molecule has 1 aliphatic heterocycles. The number of carbonyl (C=O) groups is 1. The van der Waals surface area contributed by atoms with E-state index in [-0.39, 0.29) is 24.7 Å². The van der Waals surface area contributed by atoms with Crippen LogP contribution in [-0.4, -0.2) is 53.4 Å². The number of amides is 1. The minimum atomic E-state index is -0.719. The summed E-state index contributed by atoms with van der Waals surface area (Å²) >= 11 is 0. The van der Waals surface area contributed by atoms with Gasteiger partial charge in [-0.25, -0.2) is 0 Å². The van der Waals surface area contributed by atoms with Crippen molar-refractivity contribution in [2.45, 2.75) is 57.2 Å². The van der Waals surface area contributed by atoms with E-state index in [0.29, 0.717) is 19.1 Å². The summed E-state index contributed by atoms with van der Waals surface area (Å²) in [5.41, 5.74) is 5.66. The number of aliphatic hydroxyl groups is 1. The van der Waals surface area contributed by atoms with Gasteiger partial charge in [0.15, 0.2) is 0 Å². The van der Waals surface area contributed by atoms with Crippen LogP contribution in [0.4, 0.5) is 0 Å². The van der Waals surface area contributed by atoms with Gasteiger partial charge in [0.1, 0.15) is 0 Å². The number of nitrogens with two attached hydrogens (primary N) is 1. The fourth-order valence-electron chi connectivity index (χ4n) is 3.28. The van der Waals surface area contributed by atoms with Crippen molar-refractivity contribution in [2.75, 3.05) is 19.8 Å². The van der Waals surface area contributed by atoms with Crippen LogP contribution in [0.2, 0.25) is 0 Å². The molecule has 1 heterocycles. The average molecular weight is 270 g/mol. The maximum absolute atomic E-state index is 12.8. The Morgan fingerprint density at radius 1 is 1.53 bits per heavy atom. The van der Waals surface area contributed by atoms with Gasteiger partial charge in [0.2, 0.25) is 5.91 Å². The second-order valence-corrected chi connectivity index (χ2v) is 6.30. The molecule has 0 radical (unpaired) electrons. The number of carbonyl (C=O) groups excluding carboxylic acids is 1. The van der Waals surface area contributed by atoms with Gasteiger partial charge in [-0.15, -0.1) is 0 Å². The molecule has 1 aliphatic carbocycles. The minimum absolute atomic E-state index is 0.0351. The topological polar surface area (TPSA) is 75.8 Å². The zero-order valence-corrected chi connectivity index (χ0v) is 12.0. The van der Waals surface area contributed by atoms with Crippen LogP contribution in [0.15, 0.2) is 0 Å². The van der Waals surface area contributed by atoms with Gasteiger partial charge in [-0.05, 0) is 25.7 Å². The fraction of sp³-hybridized carbons (Fsp3) is 0.929. The molecule has 2 aliphatic rings. The first-order valence-electron chi connectivity index (χ1n) is 7.28. The largest absolute Gasteiger partial charge is 0.394 e. The summed E-state index contributed by atoms with van der Waals surface area (Å²) in [4.78, 5) is 14.6. The lowest BCUT2D eigenvalue weighted by Crippen LogP contribution is -2.62. The van der Waals surface area contributed by atoms with Crippen molar-refractivity contribution in [3.63, 3.8) is 0 Å². The van der Waals surface area contributed by atoms with Crippen LogP contribution in [0.3, 0.4) is 0 Å². The number of nitrogens with zero attached hydrogens (tertiary/aromatic N) is 1. The Labute approximate surface area is 115 Å². The second-order valence-electron chi connectivity index (χ2n) is 6.30. The van der Waals surface area contributed by atoms with E-state index in [2.05, 4.69) is 6.92 Å². The summed E-state index contributed by atoms with van der Waals surface area (Å²) in [5.74, 6) is 0.543. The van der Waals surface area contributed by atoms with Gasteiger partial charge < -0.3 is 20.5 Å². The highest BCUT2D eigenvalue weighted by atomic mass is 16.5. The van der Waals surface area contributed by atoms with Gasteiger partial charge >= 0.3 is 0 Å². The molecule has 110 valence electrons. The van der Waals surface area contributed by atoms with Gasteiger partial charge in [0, 0.05) is 6.54 Å². The average Bonchev–Trinajstić information content (AvgIpc) is 2.38. The summed E-state index contributed by atoms with van der Waals surface area (Å²) in [6, 6.07) is 0.0351. The first-order valence-corrected chi connectivity index (χ1v) is 7.28. The molecule has 5 nitrogen and oxygen atoms in total. The highest BCUT2D eigenvalue weighted by Crippen LogP contribution is 2.32. The third kappa shape index (κ3) is 3.09. The summed E-state index contributed by atoms with van der Waals surface area (Å²) in [6.07, 6.45) is 3.43. The Hall–Kier alpha value is -0.650. The summed E-state index contributed by atoms with van der Waals surface area (Å²) < 4.78 is 5.48. The molecule has 0 aromatic rings. The first-order chi connectivity index (χ1) is 8.96. The highest BCUT2D eigenvalue weighted by molar-refractivity contribution is 5.86. The molecular formula is C14H26N2O3. The highest BCUT2D eigenvalue weighted by Gasteiger charge is 2.43. The van der Waals surface area contributed by atoms with Crippen LogP contribution in [0.25, 0.3) is 0 Å². The molecule has 0 aromatic carbocycles. The standard InChI is InChI=1S/C14H26N2O3/c1-10-4-3-5-14(15,6-10)13(18)16-7-12(8-17)19-9-11(16)2/h10-12,17H,3-9,15H2,1-2H3. The molecule has 2 rings (SSSR count). The van der Waals surface area contributed by atoms with Crippen molar-refractivity contribution >= 4 is 5.91 Å². The van der Waals surface area contributed by atoms with Gasteiger partial charge in [-0.3, -0.25) is 4.79 Å². The van der Waals surface area contributed by atoms with Gasteiger partial charge in [-0.2, -0.15) is 0 Å². The van der Waals surface area contributed by atoms with Crippen LogP contribution in [0.5, 0.6) is 0 Å². The molecule has 4 unspecified atom stereocenters. The van der Waals surface area contributed by atoms with Crippen molar-refractivity contribution in [3.05, 3.63) is 0 Å². The Kier molecular flexibility index (Phi) is 4.48. The van der Waals surface area contributed by atoms with Gasteiger partial charge in [-0.1, -0.05) is 19.8 Å². The Balaban J connectivity index is 2.08. The molecule has 0 aromatic heterocycles. The van der Waals surface area contributed by atoms with Crippen LogP contribution < -0.4 is 5.73 Å². The number of ether oxygens (including phenoxy) is 1. The lowest BCUT2D eigenvalue weighted by Gasteiger charge is -2.44. The molecular weight excluding hydrogens is 244 g/mol. The first kappa shape index (κ1) is 14.8. The van der Waals surface area contributed by atoms with Gasteiger partial charge in [0.05, 0.1) is 30.9 Å². The van der Waals surface area contributed by atoms with E-state index in [1.165, 1.54) is 0 Å². The third-order valence-electron chi connectivity index (χ3n) is 4.43. The summed E-state index contributed by atoms with van der Waals surface area (Å²) in [6.45, 7) is 5.01. The molecule has 3 N–H and O–H groups in total. The molecule has 0 bridgehead atoms. The van der Waals surface area contributed by atoms with Crippen molar-refractivity contribution in [3.8, 4) is 0 Å². The van der Waals surface area contributed by atoms with Gasteiger partial charge in [0.25, 0.3) is 0 Å². The van der Waals surface area contributed by atoms with E-state index in [1.54, 1.807) is 0 Å². The van der Waals surface area contributed by atoms with Crippen LogP contribution in [-0.2, 0) is 9.53 Å². The van der Waals surface area contributed by atoms with E-state index in [4.69, 9.17) is 10.5 Å². The molecule has 2 fully saturated rings. The van der Waals surface area contributed by atoms with E-state index in [0.717, 1.165) is 25.7 Å². The predicted octanol–water partition coefficient (Wildman–Crippen LogP) is 0.502. The molecule has 5 heteroatoms. The summed E-state index contributed by atoms with van der Waals surface area (Å²) in [7, 11) is 0. The van der Waals surface area contributed by atoms with E-state index < -0.39 is 5.54 Å². The van der Waals surface area contributed by atoms with E-state index in [1.807, 2.05) is 11.8 Å². The van der Waals surface area contributed by atoms with Crippen molar-refractivity contribution in [1.82, 2.24) is 4.90 Å². The smallest absolute Gasteiger partial charge is 0.243 e. The number of morpholine rings is 1. The maximum atomic E-state index is 12.8. The number of rotatable bonds is 2. The molecule has 1 amide bonds. The number of hydrogen-bond acceptors (Lipinski definition) is 4. The number of hydrogen-bond donors (Lipinski definition) is 2. The normalized spacial score (nSPS) is 40.2. The van der Waals surface area contributed by atoms with E-state index in [9.17, 15) is 9.90 Å². The number of aliphatic hydroxyl groups excluding tert-OH is 1. The summed E-state index contributed by atoms with van der Waals surface area (Å²) in [5, 5.41) is 9.20. The SMILES string of the molecule is CC1CCCC(N)(C(=O)N2CC(CO)OCC2C)C1. The van der Waals surface area contributed by atoms with Crippen LogP contribution >= 0.6 is 0 Å². The third-order valence-corrected chi connectivity index (χ3v) is 4.43. The minimum Gasteiger partial charge on any atom is -0.394 e. The molecule has 4 atom stereocenters. The van der Waals surface area contributed by atoms with E-state index >= 15 is 0 Å². The Morgan fingerprint density at radius 2 is 2.26 bits per heavy atom. The van der Waals surface area contributed by atoms with Crippen molar-refractivity contribution < 1.29 is 14.6 Å². The molecule has 19 heavy (non-hydrogen) atoms. The van der Waals surface area contributed by atoms with Crippen molar-refractivity contribution in [2.24, 2.45) is 11.7 Å². The predicted molar refractivity (Wildman–Crippen MR) is 72.6 cm³/mol. The fourth-order valence-corrected chi connectivity index (χ4v) is 3.28. The zero-order chi connectivity index (χ0) is 14.0. The molecule has 1 saturated heterocycles. The lowest BCUT2D eigenvalue weighted by molar-refractivity contribution is -0.153. The quantitative estimate of drug-likeness (QED) is 0.766. The zero-order valence-electron chi connectivity index (χ0n) is 12.0. The lowest BCUT2D eigenvalue weighted by atomic mass is 9.76. The maximum Gasteiger partial charge on any atom is 0.243 e. The van der Waals surface area contributed by atoms with Crippen LogP contribution in [0, 0.1) is 5.92 Å². The monoisotopic (exact) mass is 270 g/mol. The van der Waals surface area contributed by atoms with Crippen molar-refractivity contribution in [1.29, 1.82) is 0 Å². The van der Waals surface area contributed by atoms with Crippen LogP contribution in [0.1, 0.15) is 39.5 Å². The Bertz CT molecular complexity index is 337. The molecule has 0 spiro atoms. The Morgan fingerprint density at radius 3 is 2.89 bits per heavy atom. The molecule has 1 saturated carbocycles. The second kappa shape index (κ2) is 5.77.